The van der Waals surface area contributed by atoms with E-state index in [1.165, 1.54) is 0 Å². The maximum Gasteiger partial charge on any atom is 0.319 e. The van der Waals surface area contributed by atoms with Gasteiger partial charge >= 0.3 is 6.03 Å². The third-order valence-electron chi connectivity index (χ3n) is 3.31. The van der Waals surface area contributed by atoms with E-state index >= 15 is 0 Å². The number of amides is 2. The molecular formula is C18H22N2O4. The van der Waals surface area contributed by atoms with Crippen LogP contribution in [0.4, 0.5) is 10.5 Å². The van der Waals surface area contributed by atoms with E-state index in [1.54, 1.807) is 38.5 Å². The molecule has 0 saturated heterocycles. The molecule has 2 rings (SSSR count). The van der Waals surface area contributed by atoms with E-state index in [0.717, 1.165) is 11.3 Å². The Morgan fingerprint density at radius 3 is 2.42 bits per heavy atom. The summed E-state index contributed by atoms with van der Waals surface area (Å²) in [6.07, 6.45) is 0. The fourth-order valence-corrected chi connectivity index (χ4v) is 2.07. The lowest BCUT2D eigenvalue weighted by atomic mass is 10.2. The van der Waals surface area contributed by atoms with Crippen molar-refractivity contribution in [2.75, 3.05) is 32.7 Å². The number of methoxy groups -OCH3 is 2. The predicted octanol–water partition coefficient (Wildman–Crippen LogP) is 3.21. The summed E-state index contributed by atoms with van der Waals surface area (Å²) < 4.78 is 16.0. The minimum absolute atomic E-state index is 0.292. The number of carbonyl (C=O) groups excluding carboxylic acids is 1. The maximum atomic E-state index is 11.8. The van der Waals surface area contributed by atoms with Crippen molar-refractivity contribution in [3.63, 3.8) is 0 Å². The van der Waals surface area contributed by atoms with Gasteiger partial charge in [-0.25, -0.2) is 4.79 Å². The number of benzene rings is 2. The second kappa shape index (κ2) is 8.67. The first-order chi connectivity index (χ1) is 11.6. The summed E-state index contributed by atoms with van der Waals surface area (Å²) in [7, 11) is 3.19. The standard InChI is InChI=1S/C18H22N2O4/c1-13-4-9-16(17(12-13)23-3)24-11-10-19-18(21)20-14-5-7-15(22-2)8-6-14/h4-9,12H,10-11H2,1-3H3,(H2,19,20,21). The first-order valence-corrected chi connectivity index (χ1v) is 7.58. The molecule has 0 aliphatic rings. The number of carbonyl (C=O) groups is 1. The van der Waals surface area contributed by atoms with Gasteiger partial charge in [-0.2, -0.15) is 0 Å². The Hall–Kier alpha value is -2.89. The van der Waals surface area contributed by atoms with Crippen LogP contribution in [0.5, 0.6) is 17.2 Å². The molecular weight excluding hydrogens is 308 g/mol. The topological polar surface area (TPSA) is 68.8 Å². The molecule has 0 fully saturated rings. The Labute approximate surface area is 141 Å². The quantitative estimate of drug-likeness (QED) is 0.765. The monoisotopic (exact) mass is 330 g/mol. The lowest BCUT2D eigenvalue weighted by molar-refractivity contribution is 0.246. The van der Waals surface area contributed by atoms with Gasteiger partial charge in [0.2, 0.25) is 0 Å². The molecule has 0 heterocycles. The third kappa shape index (κ3) is 5.08. The van der Waals surface area contributed by atoms with Crippen LogP contribution in [-0.2, 0) is 0 Å². The van der Waals surface area contributed by atoms with Gasteiger partial charge in [0.25, 0.3) is 0 Å². The summed E-state index contributed by atoms with van der Waals surface area (Å²) in [5.74, 6) is 2.07. The smallest absolute Gasteiger partial charge is 0.319 e. The van der Waals surface area contributed by atoms with Gasteiger partial charge in [-0.1, -0.05) is 6.07 Å². The number of ether oxygens (including phenoxy) is 3. The van der Waals surface area contributed by atoms with Crippen molar-refractivity contribution in [1.82, 2.24) is 5.32 Å². The molecule has 2 aromatic rings. The molecule has 0 aliphatic carbocycles. The van der Waals surface area contributed by atoms with Gasteiger partial charge in [0.1, 0.15) is 12.4 Å². The van der Waals surface area contributed by atoms with Gasteiger partial charge in [-0.3, -0.25) is 0 Å². The molecule has 128 valence electrons. The number of hydrogen-bond acceptors (Lipinski definition) is 4. The average Bonchev–Trinajstić information content (AvgIpc) is 2.60. The van der Waals surface area contributed by atoms with E-state index in [4.69, 9.17) is 14.2 Å². The lowest BCUT2D eigenvalue weighted by Gasteiger charge is -2.12. The molecule has 2 amide bonds. The summed E-state index contributed by atoms with van der Waals surface area (Å²) >= 11 is 0. The Morgan fingerprint density at radius 1 is 1.00 bits per heavy atom. The molecule has 2 aromatic carbocycles. The Kier molecular flexibility index (Phi) is 6.31. The van der Waals surface area contributed by atoms with Crippen molar-refractivity contribution < 1.29 is 19.0 Å². The molecule has 0 unspecified atom stereocenters. The molecule has 24 heavy (non-hydrogen) atoms. The van der Waals surface area contributed by atoms with Crippen molar-refractivity contribution in [3.05, 3.63) is 48.0 Å². The van der Waals surface area contributed by atoms with E-state index in [-0.39, 0.29) is 6.03 Å². The molecule has 0 radical (unpaired) electrons. The summed E-state index contributed by atoms with van der Waals surface area (Å²) in [4.78, 5) is 11.8. The second-order valence-corrected chi connectivity index (χ2v) is 5.11. The fraction of sp³-hybridized carbons (Fsp3) is 0.278. The number of nitrogens with one attached hydrogen (secondary N) is 2. The van der Waals surface area contributed by atoms with E-state index in [1.807, 2.05) is 25.1 Å². The fourth-order valence-electron chi connectivity index (χ4n) is 2.07. The zero-order chi connectivity index (χ0) is 17.4. The van der Waals surface area contributed by atoms with Crippen LogP contribution >= 0.6 is 0 Å². The van der Waals surface area contributed by atoms with Crippen molar-refractivity contribution >= 4 is 11.7 Å². The van der Waals surface area contributed by atoms with Crippen LogP contribution in [0.2, 0.25) is 0 Å². The highest BCUT2D eigenvalue weighted by Gasteiger charge is 2.05. The van der Waals surface area contributed by atoms with Crippen molar-refractivity contribution in [2.45, 2.75) is 6.92 Å². The summed E-state index contributed by atoms with van der Waals surface area (Å²) in [6.45, 7) is 2.70. The number of rotatable bonds is 7. The van der Waals surface area contributed by atoms with Crippen LogP contribution in [0, 0.1) is 6.92 Å². The largest absolute Gasteiger partial charge is 0.497 e. The predicted molar refractivity (Wildman–Crippen MR) is 93.2 cm³/mol. The van der Waals surface area contributed by atoms with Gasteiger partial charge in [-0.05, 0) is 48.9 Å². The molecule has 6 nitrogen and oxygen atoms in total. The average molecular weight is 330 g/mol. The number of urea groups is 1. The van der Waals surface area contributed by atoms with Crippen molar-refractivity contribution in [2.24, 2.45) is 0 Å². The molecule has 0 aliphatic heterocycles. The van der Waals surface area contributed by atoms with Crippen LogP contribution < -0.4 is 24.8 Å². The summed E-state index contributed by atoms with van der Waals surface area (Å²) in [6, 6.07) is 12.5. The van der Waals surface area contributed by atoms with Gasteiger partial charge < -0.3 is 24.8 Å². The third-order valence-corrected chi connectivity index (χ3v) is 3.31. The van der Waals surface area contributed by atoms with E-state index in [9.17, 15) is 4.79 Å². The molecule has 0 aromatic heterocycles. The highest BCUT2D eigenvalue weighted by molar-refractivity contribution is 5.89. The zero-order valence-corrected chi connectivity index (χ0v) is 14.1. The molecule has 0 atom stereocenters. The van der Waals surface area contributed by atoms with Gasteiger partial charge in [0.05, 0.1) is 20.8 Å². The number of aryl methyl sites for hydroxylation is 1. The minimum atomic E-state index is -0.292. The molecule has 0 bridgehead atoms. The van der Waals surface area contributed by atoms with Crippen molar-refractivity contribution in [1.29, 1.82) is 0 Å². The highest BCUT2D eigenvalue weighted by Crippen LogP contribution is 2.27. The van der Waals surface area contributed by atoms with Crippen LogP contribution in [0.1, 0.15) is 5.56 Å². The molecule has 0 spiro atoms. The molecule has 6 heteroatoms. The van der Waals surface area contributed by atoms with E-state index in [2.05, 4.69) is 10.6 Å². The lowest BCUT2D eigenvalue weighted by Crippen LogP contribution is -2.32. The highest BCUT2D eigenvalue weighted by atomic mass is 16.5. The molecule has 2 N–H and O–H groups in total. The van der Waals surface area contributed by atoms with E-state index < -0.39 is 0 Å². The van der Waals surface area contributed by atoms with Crippen LogP contribution in [0.15, 0.2) is 42.5 Å². The summed E-state index contributed by atoms with van der Waals surface area (Å²) in [5, 5.41) is 5.47. The van der Waals surface area contributed by atoms with Crippen LogP contribution in [-0.4, -0.2) is 33.4 Å². The van der Waals surface area contributed by atoms with Gasteiger partial charge in [-0.15, -0.1) is 0 Å². The minimum Gasteiger partial charge on any atom is -0.497 e. The van der Waals surface area contributed by atoms with Gasteiger partial charge in [0.15, 0.2) is 11.5 Å². The number of hydrogen-bond donors (Lipinski definition) is 2. The Bertz CT molecular complexity index is 671. The number of anilines is 1. The normalized spacial score (nSPS) is 9.96. The van der Waals surface area contributed by atoms with Crippen LogP contribution in [0.3, 0.4) is 0 Å². The first kappa shape index (κ1) is 17.5. The van der Waals surface area contributed by atoms with Gasteiger partial charge in [0, 0.05) is 5.69 Å². The first-order valence-electron chi connectivity index (χ1n) is 7.58. The van der Waals surface area contributed by atoms with E-state index in [0.29, 0.717) is 30.3 Å². The second-order valence-electron chi connectivity index (χ2n) is 5.11. The zero-order valence-electron chi connectivity index (χ0n) is 14.1. The Morgan fingerprint density at radius 2 is 1.75 bits per heavy atom. The van der Waals surface area contributed by atoms with Crippen molar-refractivity contribution in [3.8, 4) is 17.2 Å². The van der Waals surface area contributed by atoms with Crippen LogP contribution in [0.25, 0.3) is 0 Å². The summed E-state index contributed by atoms with van der Waals surface area (Å²) in [5.41, 5.74) is 1.78. The Balaban J connectivity index is 1.74. The SMILES string of the molecule is COc1ccc(NC(=O)NCCOc2ccc(C)cc2OC)cc1. The molecule has 0 saturated carbocycles. The maximum absolute atomic E-state index is 11.8.